The molecule has 1 aliphatic heterocycles. The molecule has 2 atom stereocenters. The highest BCUT2D eigenvalue weighted by atomic mass is 79.9. The fourth-order valence-corrected chi connectivity index (χ4v) is 5.22. The zero-order valence-corrected chi connectivity index (χ0v) is 15.0. The fraction of sp³-hybridized carbons (Fsp3) is 0.294. The highest BCUT2D eigenvalue weighted by molar-refractivity contribution is 9.10. The van der Waals surface area contributed by atoms with E-state index in [0.717, 1.165) is 5.33 Å². The number of rotatable bonds is 4. The molecule has 3 heteroatoms. The van der Waals surface area contributed by atoms with Gasteiger partial charge in [0.1, 0.15) is 0 Å². The molecular weight excluding hydrogens is 396 g/mol. The van der Waals surface area contributed by atoms with Gasteiger partial charge < -0.3 is 0 Å². The summed E-state index contributed by atoms with van der Waals surface area (Å²) in [5.74, 6) is 0.583. The Balaban J connectivity index is 1.71. The van der Waals surface area contributed by atoms with E-state index in [1.807, 2.05) is 11.8 Å². The molecule has 0 spiro atoms. The molecule has 2 aromatic rings. The molecule has 0 fully saturated rings. The lowest BCUT2D eigenvalue weighted by Gasteiger charge is -2.18. The van der Waals surface area contributed by atoms with Gasteiger partial charge in [-0.15, -0.1) is 11.8 Å². The normalized spacial score (nSPS) is 18.8. The first-order chi connectivity index (χ1) is 9.76. The summed E-state index contributed by atoms with van der Waals surface area (Å²) < 4.78 is 1.17. The van der Waals surface area contributed by atoms with Crippen LogP contribution in [0.25, 0.3) is 0 Å². The van der Waals surface area contributed by atoms with Crippen molar-refractivity contribution >= 4 is 43.6 Å². The van der Waals surface area contributed by atoms with E-state index in [1.54, 1.807) is 0 Å². The molecule has 1 heterocycles. The number of hydrogen-bond donors (Lipinski definition) is 0. The second-order valence-electron chi connectivity index (χ2n) is 5.19. The van der Waals surface area contributed by atoms with E-state index >= 15 is 0 Å². The summed E-state index contributed by atoms with van der Waals surface area (Å²) in [6.45, 7) is 0. The third-order valence-electron chi connectivity index (χ3n) is 3.77. The number of thioether (sulfide) groups is 1. The van der Waals surface area contributed by atoms with E-state index < -0.39 is 0 Å². The minimum absolute atomic E-state index is 0.583. The second kappa shape index (κ2) is 6.67. The van der Waals surface area contributed by atoms with Crippen LogP contribution < -0.4 is 0 Å². The quantitative estimate of drug-likeness (QED) is 0.553. The summed E-state index contributed by atoms with van der Waals surface area (Å²) in [4.78, 5) is 1.47. The van der Waals surface area contributed by atoms with Gasteiger partial charge >= 0.3 is 0 Å². The average Bonchev–Trinajstić information content (AvgIpc) is 2.87. The molecule has 2 aromatic carbocycles. The van der Waals surface area contributed by atoms with Crippen LogP contribution in [-0.4, -0.2) is 10.6 Å². The number of hydrogen-bond acceptors (Lipinski definition) is 1. The van der Waals surface area contributed by atoms with Gasteiger partial charge in [-0.3, -0.25) is 0 Å². The molecule has 104 valence electrons. The highest BCUT2D eigenvalue weighted by Gasteiger charge is 2.25. The first kappa shape index (κ1) is 14.7. The van der Waals surface area contributed by atoms with E-state index in [9.17, 15) is 0 Å². The van der Waals surface area contributed by atoms with E-state index in [-0.39, 0.29) is 0 Å². The van der Waals surface area contributed by atoms with E-state index in [2.05, 4.69) is 80.4 Å². The Morgan fingerprint density at radius 1 is 1.15 bits per heavy atom. The predicted molar refractivity (Wildman–Crippen MR) is 95.1 cm³/mol. The van der Waals surface area contributed by atoms with Crippen molar-refractivity contribution in [2.45, 2.75) is 28.9 Å². The van der Waals surface area contributed by atoms with Gasteiger partial charge in [0.2, 0.25) is 0 Å². The summed E-state index contributed by atoms with van der Waals surface area (Å²) in [7, 11) is 0. The second-order valence-corrected chi connectivity index (χ2v) is 8.10. The van der Waals surface area contributed by atoms with Crippen LogP contribution in [-0.2, 0) is 6.42 Å². The summed E-state index contributed by atoms with van der Waals surface area (Å²) in [5, 5.41) is 1.73. The highest BCUT2D eigenvalue weighted by Crippen LogP contribution is 2.41. The molecule has 0 N–H and O–H groups in total. The summed E-state index contributed by atoms with van der Waals surface area (Å²) >= 11 is 9.32. The standard InChI is InChI=1S/C17H16Br2S/c18-11-14(12-5-3-6-15(19)8-12)10-16-9-13-4-1-2-7-17(13)20-16/h1-8,14,16H,9-11H2. The molecule has 2 unspecified atom stereocenters. The average molecular weight is 412 g/mol. The van der Waals surface area contributed by atoms with Gasteiger partial charge in [-0.25, -0.2) is 0 Å². The van der Waals surface area contributed by atoms with Crippen molar-refractivity contribution in [2.24, 2.45) is 0 Å². The first-order valence-corrected chi connectivity index (χ1v) is 9.61. The molecule has 0 radical (unpaired) electrons. The number of benzene rings is 2. The zero-order valence-electron chi connectivity index (χ0n) is 11.1. The number of fused-ring (bicyclic) bond motifs is 1. The monoisotopic (exact) mass is 410 g/mol. The lowest BCUT2D eigenvalue weighted by atomic mass is 9.94. The minimum atomic E-state index is 0.583. The van der Waals surface area contributed by atoms with Crippen LogP contribution >= 0.6 is 43.6 Å². The smallest absolute Gasteiger partial charge is 0.0178 e. The van der Waals surface area contributed by atoms with Gasteiger partial charge in [-0.1, -0.05) is 62.2 Å². The first-order valence-electron chi connectivity index (χ1n) is 6.82. The maximum atomic E-state index is 3.69. The van der Waals surface area contributed by atoms with Gasteiger partial charge in [-0.2, -0.15) is 0 Å². The van der Waals surface area contributed by atoms with Gasteiger partial charge in [0.25, 0.3) is 0 Å². The lowest BCUT2D eigenvalue weighted by molar-refractivity contribution is 0.662. The SMILES string of the molecule is BrCC(CC1Cc2ccccc2S1)c1cccc(Br)c1. The van der Waals surface area contributed by atoms with Crippen molar-refractivity contribution in [3.05, 3.63) is 64.1 Å². The van der Waals surface area contributed by atoms with Crippen LogP contribution in [0.15, 0.2) is 57.9 Å². The molecule has 0 saturated carbocycles. The Morgan fingerprint density at radius 2 is 2.00 bits per heavy atom. The van der Waals surface area contributed by atoms with Crippen LogP contribution in [0.4, 0.5) is 0 Å². The summed E-state index contributed by atoms with van der Waals surface area (Å²) in [6.07, 6.45) is 2.43. The zero-order chi connectivity index (χ0) is 13.9. The minimum Gasteiger partial charge on any atom is -0.122 e. The van der Waals surface area contributed by atoms with Gasteiger partial charge in [-0.05, 0) is 48.1 Å². The Bertz CT molecular complexity index is 572. The third kappa shape index (κ3) is 3.32. The van der Waals surface area contributed by atoms with Crippen LogP contribution in [0.3, 0.4) is 0 Å². The van der Waals surface area contributed by atoms with E-state index in [4.69, 9.17) is 0 Å². The topological polar surface area (TPSA) is 0 Å². The largest absolute Gasteiger partial charge is 0.122 e. The molecule has 0 bridgehead atoms. The van der Waals surface area contributed by atoms with Gasteiger partial charge in [0.05, 0.1) is 0 Å². The van der Waals surface area contributed by atoms with Crippen molar-refractivity contribution in [3.8, 4) is 0 Å². The third-order valence-corrected chi connectivity index (χ3v) is 6.39. The molecule has 0 saturated heterocycles. The van der Waals surface area contributed by atoms with Crippen molar-refractivity contribution in [1.82, 2.24) is 0 Å². The van der Waals surface area contributed by atoms with Crippen molar-refractivity contribution in [1.29, 1.82) is 0 Å². The molecule has 0 nitrogen and oxygen atoms in total. The van der Waals surface area contributed by atoms with Crippen LogP contribution in [0.2, 0.25) is 0 Å². The fourth-order valence-electron chi connectivity index (χ4n) is 2.75. The molecular formula is C17H16Br2S. The molecule has 20 heavy (non-hydrogen) atoms. The molecule has 1 aliphatic rings. The van der Waals surface area contributed by atoms with E-state index in [0.29, 0.717) is 11.2 Å². The Labute approximate surface area is 141 Å². The van der Waals surface area contributed by atoms with E-state index in [1.165, 1.54) is 33.3 Å². The van der Waals surface area contributed by atoms with Crippen molar-refractivity contribution in [3.63, 3.8) is 0 Å². The number of alkyl halides is 1. The predicted octanol–water partition coefficient (Wildman–Crippen LogP) is 6.03. The molecule has 0 aliphatic carbocycles. The van der Waals surface area contributed by atoms with Crippen LogP contribution in [0.1, 0.15) is 23.5 Å². The number of halogens is 2. The maximum absolute atomic E-state index is 3.69. The lowest BCUT2D eigenvalue weighted by Crippen LogP contribution is -2.10. The Morgan fingerprint density at radius 3 is 2.75 bits per heavy atom. The molecule has 3 rings (SSSR count). The molecule has 0 aromatic heterocycles. The van der Waals surface area contributed by atoms with Gasteiger partial charge in [0, 0.05) is 19.9 Å². The Kier molecular flexibility index (Phi) is 4.90. The Hall–Kier alpha value is -0.250. The summed E-state index contributed by atoms with van der Waals surface area (Å²) in [5.41, 5.74) is 2.94. The van der Waals surface area contributed by atoms with Crippen molar-refractivity contribution in [2.75, 3.05) is 5.33 Å². The molecule has 0 amide bonds. The van der Waals surface area contributed by atoms with Gasteiger partial charge in [0.15, 0.2) is 0 Å². The summed E-state index contributed by atoms with van der Waals surface area (Å²) in [6, 6.07) is 17.5. The van der Waals surface area contributed by atoms with Crippen LogP contribution in [0, 0.1) is 0 Å². The van der Waals surface area contributed by atoms with Crippen molar-refractivity contribution < 1.29 is 0 Å². The van der Waals surface area contributed by atoms with Crippen LogP contribution in [0.5, 0.6) is 0 Å². The maximum Gasteiger partial charge on any atom is 0.0178 e.